The molecular weight excluding hydrogens is 270 g/mol. The molecular formula is C16H17NO4. The molecule has 0 bridgehead atoms. The zero-order chi connectivity index (χ0) is 15.4. The minimum atomic E-state index is -0.202. The number of benzene rings is 2. The van der Waals surface area contributed by atoms with Gasteiger partial charge in [0, 0.05) is 17.8 Å². The number of hydrogen-bond donors (Lipinski definition) is 1. The molecule has 2 aromatic carbocycles. The predicted molar refractivity (Wildman–Crippen MR) is 80.4 cm³/mol. The molecule has 0 aromatic heterocycles. The molecule has 110 valence electrons. The van der Waals surface area contributed by atoms with E-state index < -0.39 is 0 Å². The quantitative estimate of drug-likeness (QED) is 0.676. The minimum Gasteiger partial charge on any atom is -0.497 e. The second kappa shape index (κ2) is 6.17. The molecule has 2 aromatic rings. The molecule has 21 heavy (non-hydrogen) atoms. The van der Waals surface area contributed by atoms with E-state index in [1.165, 1.54) is 14.2 Å². The van der Waals surface area contributed by atoms with Crippen LogP contribution in [0.1, 0.15) is 15.9 Å². The lowest BCUT2D eigenvalue weighted by Crippen LogP contribution is -2.06. The van der Waals surface area contributed by atoms with E-state index in [9.17, 15) is 4.79 Å². The number of ether oxygens (including phenoxy) is 3. The van der Waals surface area contributed by atoms with Gasteiger partial charge in [-0.25, -0.2) is 0 Å². The number of nitrogens with two attached hydrogens (primary N) is 1. The summed E-state index contributed by atoms with van der Waals surface area (Å²) in [5.41, 5.74) is 7.09. The predicted octanol–water partition coefficient (Wildman–Crippen LogP) is 2.53. The molecule has 5 heteroatoms. The Bertz CT molecular complexity index is 667. The van der Waals surface area contributed by atoms with E-state index in [2.05, 4.69) is 0 Å². The molecule has 0 radical (unpaired) electrons. The molecule has 5 nitrogen and oxygen atoms in total. The van der Waals surface area contributed by atoms with E-state index in [1.54, 1.807) is 43.5 Å². The van der Waals surface area contributed by atoms with E-state index in [0.717, 1.165) is 0 Å². The van der Waals surface area contributed by atoms with Gasteiger partial charge in [0.05, 0.1) is 32.5 Å². The molecule has 2 rings (SSSR count). The van der Waals surface area contributed by atoms with Crippen molar-refractivity contribution >= 4 is 11.5 Å². The first-order valence-electron chi connectivity index (χ1n) is 6.31. The summed E-state index contributed by atoms with van der Waals surface area (Å²) >= 11 is 0. The van der Waals surface area contributed by atoms with Gasteiger partial charge in [0.25, 0.3) is 0 Å². The molecule has 0 amide bonds. The van der Waals surface area contributed by atoms with Crippen LogP contribution in [0, 0.1) is 0 Å². The van der Waals surface area contributed by atoms with Crippen molar-refractivity contribution in [3.63, 3.8) is 0 Å². The SMILES string of the molecule is COc1ccc(C(=O)c2ccc(N)cc2OC)c(OC)c1. The average molecular weight is 287 g/mol. The number of nitrogen functional groups attached to an aromatic ring is 1. The Morgan fingerprint density at radius 3 is 2.00 bits per heavy atom. The second-order valence-electron chi connectivity index (χ2n) is 4.36. The Balaban J connectivity index is 2.49. The Kier molecular flexibility index (Phi) is 4.33. The smallest absolute Gasteiger partial charge is 0.200 e. The molecule has 0 aliphatic heterocycles. The Morgan fingerprint density at radius 1 is 0.857 bits per heavy atom. The van der Waals surface area contributed by atoms with Crippen LogP contribution in [0.2, 0.25) is 0 Å². The van der Waals surface area contributed by atoms with Crippen molar-refractivity contribution in [3.8, 4) is 17.2 Å². The van der Waals surface area contributed by atoms with Crippen LogP contribution < -0.4 is 19.9 Å². The summed E-state index contributed by atoms with van der Waals surface area (Å²) < 4.78 is 15.6. The maximum absolute atomic E-state index is 12.7. The summed E-state index contributed by atoms with van der Waals surface area (Å²) in [6, 6.07) is 9.95. The van der Waals surface area contributed by atoms with Gasteiger partial charge in [-0.15, -0.1) is 0 Å². The van der Waals surface area contributed by atoms with Gasteiger partial charge >= 0.3 is 0 Å². The van der Waals surface area contributed by atoms with E-state index in [0.29, 0.717) is 34.1 Å². The van der Waals surface area contributed by atoms with Gasteiger partial charge in [0.15, 0.2) is 5.78 Å². The monoisotopic (exact) mass is 287 g/mol. The number of rotatable bonds is 5. The van der Waals surface area contributed by atoms with Gasteiger partial charge in [0.2, 0.25) is 0 Å². The normalized spacial score (nSPS) is 10.0. The number of carbonyl (C=O) groups excluding carboxylic acids is 1. The molecule has 0 saturated heterocycles. The summed E-state index contributed by atoms with van der Waals surface area (Å²) in [5, 5.41) is 0. The van der Waals surface area contributed by atoms with E-state index in [1.807, 2.05) is 0 Å². The fourth-order valence-electron chi connectivity index (χ4n) is 2.03. The molecule has 0 fully saturated rings. The third kappa shape index (κ3) is 2.91. The van der Waals surface area contributed by atoms with Crippen LogP contribution in [-0.2, 0) is 0 Å². The topological polar surface area (TPSA) is 70.8 Å². The van der Waals surface area contributed by atoms with Crippen molar-refractivity contribution in [2.24, 2.45) is 0 Å². The number of anilines is 1. The maximum atomic E-state index is 12.7. The van der Waals surface area contributed by atoms with Crippen molar-refractivity contribution in [1.29, 1.82) is 0 Å². The minimum absolute atomic E-state index is 0.202. The zero-order valence-corrected chi connectivity index (χ0v) is 12.2. The van der Waals surface area contributed by atoms with E-state index in [-0.39, 0.29) is 5.78 Å². The molecule has 0 aliphatic carbocycles. The van der Waals surface area contributed by atoms with Crippen LogP contribution in [0.4, 0.5) is 5.69 Å². The van der Waals surface area contributed by atoms with Crippen LogP contribution in [0.5, 0.6) is 17.2 Å². The first-order chi connectivity index (χ1) is 10.1. The van der Waals surface area contributed by atoms with Crippen LogP contribution in [0.3, 0.4) is 0 Å². The van der Waals surface area contributed by atoms with E-state index >= 15 is 0 Å². The number of hydrogen-bond acceptors (Lipinski definition) is 5. The highest BCUT2D eigenvalue weighted by atomic mass is 16.5. The third-order valence-electron chi connectivity index (χ3n) is 3.12. The van der Waals surface area contributed by atoms with Crippen LogP contribution in [0.25, 0.3) is 0 Å². The Labute approximate surface area is 123 Å². The molecule has 0 unspecified atom stereocenters. The van der Waals surface area contributed by atoms with Gasteiger partial charge in [-0.05, 0) is 24.3 Å². The first-order valence-corrected chi connectivity index (χ1v) is 6.31. The standard InChI is InChI=1S/C16H17NO4/c1-19-11-5-7-13(15(9-11)21-3)16(18)12-6-4-10(17)8-14(12)20-2/h4-9H,17H2,1-3H3. The average Bonchev–Trinajstić information content (AvgIpc) is 2.53. The molecule has 2 N–H and O–H groups in total. The van der Waals surface area contributed by atoms with Gasteiger partial charge in [0.1, 0.15) is 17.2 Å². The Morgan fingerprint density at radius 2 is 1.43 bits per heavy atom. The molecule has 0 aliphatic rings. The van der Waals surface area contributed by atoms with Crippen molar-refractivity contribution in [2.75, 3.05) is 27.1 Å². The van der Waals surface area contributed by atoms with Crippen molar-refractivity contribution in [1.82, 2.24) is 0 Å². The van der Waals surface area contributed by atoms with Crippen LogP contribution >= 0.6 is 0 Å². The number of carbonyl (C=O) groups is 1. The summed E-state index contributed by atoms with van der Waals surface area (Å²) in [5.74, 6) is 1.29. The summed E-state index contributed by atoms with van der Waals surface area (Å²) in [4.78, 5) is 12.7. The van der Waals surface area contributed by atoms with Gasteiger partial charge in [-0.2, -0.15) is 0 Å². The molecule has 0 atom stereocenters. The second-order valence-corrected chi connectivity index (χ2v) is 4.36. The van der Waals surface area contributed by atoms with Crippen molar-refractivity contribution < 1.29 is 19.0 Å². The summed E-state index contributed by atoms with van der Waals surface area (Å²) in [7, 11) is 4.56. The number of methoxy groups -OCH3 is 3. The highest BCUT2D eigenvalue weighted by molar-refractivity contribution is 6.12. The zero-order valence-electron chi connectivity index (χ0n) is 12.2. The fraction of sp³-hybridized carbons (Fsp3) is 0.188. The fourth-order valence-corrected chi connectivity index (χ4v) is 2.03. The maximum Gasteiger partial charge on any atom is 0.200 e. The lowest BCUT2D eigenvalue weighted by atomic mass is 10.0. The highest BCUT2D eigenvalue weighted by Gasteiger charge is 2.19. The first kappa shape index (κ1) is 14.7. The third-order valence-corrected chi connectivity index (χ3v) is 3.12. The van der Waals surface area contributed by atoms with Gasteiger partial charge in [-0.3, -0.25) is 4.79 Å². The highest BCUT2D eigenvalue weighted by Crippen LogP contribution is 2.30. The summed E-state index contributed by atoms with van der Waals surface area (Å²) in [6.07, 6.45) is 0. The number of ketones is 1. The molecule has 0 spiro atoms. The van der Waals surface area contributed by atoms with Crippen molar-refractivity contribution in [3.05, 3.63) is 47.5 Å². The molecule has 0 heterocycles. The van der Waals surface area contributed by atoms with Gasteiger partial charge in [-0.1, -0.05) is 0 Å². The Hall–Kier alpha value is -2.69. The largest absolute Gasteiger partial charge is 0.497 e. The molecule has 0 saturated carbocycles. The lowest BCUT2D eigenvalue weighted by Gasteiger charge is -2.12. The van der Waals surface area contributed by atoms with Crippen LogP contribution in [0.15, 0.2) is 36.4 Å². The van der Waals surface area contributed by atoms with Crippen LogP contribution in [-0.4, -0.2) is 27.1 Å². The van der Waals surface area contributed by atoms with Gasteiger partial charge < -0.3 is 19.9 Å². The summed E-state index contributed by atoms with van der Waals surface area (Å²) in [6.45, 7) is 0. The van der Waals surface area contributed by atoms with E-state index in [4.69, 9.17) is 19.9 Å². The lowest BCUT2D eigenvalue weighted by molar-refractivity contribution is 0.103. The van der Waals surface area contributed by atoms with Crippen molar-refractivity contribution in [2.45, 2.75) is 0 Å².